The largest absolute Gasteiger partial charge is 0.359 e. The molecule has 0 aliphatic carbocycles. The molecule has 0 bridgehead atoms. The zero-order valence-corrected chi connectivity index (χ0v) is 23.1. The number of aromatic nitrogens is 7. The summed E-state index contributed by atoms with van der Waals surface area (Å²) in [7, 11) is 1.90. The van der Waals surface area contributed by atoms with Crippen LogP contribution in [0.15, 0.2) is 67.3 Å². The molecule has 5 aromatic heterocycles. The number of aryl methyl sites for hydroxylation is 4. The van der Waals surface area contributed by atoms with Crippen LogP contribution < -0.4 is 10.2 Å². The predicted molar refractivity (Wildman–Crippen MR) is 158 cm³/mol. The second-order valence-corrected chi connectivity index (χ2v) is 10.3. The molecule has 1 amide bonds. The number of H-pyrrole nitrogens is 1. The number of benzene rings is 1. The van der Waals surface area contributed by atoms with Crippen molar-refractivity contribution in [1.29, 1.82) is 0 Å². The number of para-hydroxylation sites is 1. The van der Waals surface area contributed by atoms with Crippen molar-refractivity contribution < 1.29 is 4.79 Å². The maximum atomic E-state index is 13.7. The van der Waals surface area contributed by atoms with E-state index in [1.54, 1.807) is 29.3 Å². The highest BCUT2D eigenvalue weighted by molar-refractivity contribution is 6.15. The highest BCUT2D eigenvalue weighted by atomic mass is 16.2. The molecule has 0 saturated heterocycles. The molecular formula is C31H27N9O. The summed E-state index contributed by atoms with van der Waals surface area (Å²) in [6, 6.07) is 13.7. The first kappa shape index (κ1) is 24.6. The lowest BCUT2D eigenvalue weighted by atomic mass is 10.0. The van der Waals surface area contributed by atoms with E-state index in [0.717, 1.165) is 61.6 Å². The van der Waals surface area contributed by atoms with Crippen LogP contribution in [0.4, 0.5) is 17.5 Å². The molecule has 2 N–H and O–H groups in total. The van der Waals surface area contributed by atoms with Crippen molar-refractivity contribution in [2.75, 3.05) is 10.2 Å². The molecule has 0 fully saturated rings. The van der Waals surface area contributed by atoms with Crippen molar-refractivity contribution in [2.24, 2.45) is 7.05 Å². The lowest BCUT2D eigenvalue weighted by Gasteiger charge is -2.17. The van der Waals surface area contributed by atoms with E-state index >= 15 is 0 Å². The topological polar surface area (TPSA) is 118 Å². The van der Waals surface area contributed by atoms with Crippen LogP contribution in [0.1, 0.15) is 32.9 Å². The van der Waals surface area contributed by atoms with Crippen LogP contribution >= 0.6 is 0 Å². The van der Waals surface area contributed by atoms with Crippen LogP contribution in [0.5, 0.6) is 0 Å². The van der Waals surface area contributed by atoms with Crippen molar-refractivity contribution >= 4 is 34.3 Å². The minimum absolute atomic E-state index is 0.0477. The average Bonchev–Trinajstić information content (AvgIpc) is 3.64. The summed E-state index contributed by atoms with van der Waals surface area (Å²) in [6.45, 7) is 6.36. The number of fused-ring (bicyclic) bond motifs is 2. The van der Waals surface area contributed by atoms with Crippen molar-refractivity contribution in [1.82, 2.24) is 34.7 Å². The number of hydrogen-bond donors (Lipinski definition) is 2. The minimum atomic E-state index is -0.0477. The first-order chi connectivity index (χ1) is 19.9. The molecule has 7 rings (SSSR count). The summed E-state index contributed by atoms with van der Waals surface area (Å²) in [5.74, 6) is 1.10. The minimum Gasteiger partial charge on any atom is -0.359 e. The highest BCUT2D eigenvalue weighted by Gasteiger charge is 2.32. The number of anilines is 3. The van der Waals surface area contributed by atoms with Gasteiger partial charge in [0.15, 0.2) is 5.82 Å². The number of nitrogens with zero attached hydrogens (tertiary/aromatic N) is 7. The van der Waals surface area contributed by atoms with Gasteiger partial charge < -0.3 is 15.2 Å². The molecule has 0 radical (unpaired) electrons. The Bertz CT molecular complexity index is 1970. The maximum Gasteiger partial charge on any atom is 0.259 e. The van der Waals surface area contributed by atoms with Gasteiger partial charge in [0, 0.05) is 76.9 Å². The van der Waals surface area contributed by atoms with Gasteiger partial charge >= 0.3 is 0 Å². The van der Waals surface area contributed by atoms with Crippen LogP contribution in [0.2, 0.25) is 0 Å². The molecule has 1 aromatic carbocycles. The van der Waals surface area contributed by atoms with E-state index in [2.05, 4.69) is 30.4 Å². The van der Waals surface area contributed by atoms with Gasteiger partial charge in [-0.1, -0.05) is 12.1 Å². The molecule has 202 valence electrons. The number of hydrogen-bond acceptors (Lipinski definition) is 7. The molecule has 0 saturated carbocycles. The summed E-state index contributed by atoms with van der Waals surface area (Å²) >= 11 is 0. The summed E-state index contributed by atoms with van der Waals surface area (Å²) in [5, 5.41) is 8.63. The number of nitrogens with one attached hydrogen (secondary N) is 2. The number of rotatable bonds is 5. The lowest BCUT2D eigenvalue weighted by Crippen LogP contribution is -2.23. The van der Waals surface area contributed by atoms with E-state index in [9.17, 15) is 4.79 Å². The average molecular weight is 542 g/mol. The Hall–Kier alpha value is -5.38. The van der Waals surface area contributed by atoms with Crippen LogP contribution in [0, 0.1) is 20.8 Å². The molecule has 1 aliphatic rings. The maximum absolute atomic E-state index is 13.7. The number of carbonyl (C=O) groups is 1. The van der Waals surface area contributed by atoms with E-state index in [0.29, 0.717) is 23.9 Å². The summed E-state index contributed by atoms with van der Waals surface area (Å²) in [5.41, 5.74) is 9.62. The molecule has 1 aliphatic heterocycles. The van der Waals surface area contributed by atoms with Crippen LogP contribution in [0.3, 0.4) is 0 Å². The molecule has 6 aromatic rings. The summed E-state index contributed by atoms with van der Waals surface area (Å²) in [6.07, 6.45) is 7.22. The van der Waals surface area contributed by atoms with Crippen molar-refractivity contribution in [3.63, 3.8) is 0 Å². The van der Waals surface area contributed by atoms with Gasteiger partial charge in [-0.3, -0.25) is 19.4 Å². The lowest BCUT2D eigenvalue weighted by molar-refractivity contribution is 0.0997. The molecule has 41 heavy (non-hydrogen) atoms. The summed E-state index contributed by atoms with van der Waals surface area (Å²) < 4.78 is 1.80. The predicted octanol–water partition coefficient (Wildman–Crippen LogP) is 5.64. The Morgan fingerprint density at radius 3 is 2.61 bits per heavy atom. The van der Waals surface area contributed by atoms with Crippen LogP contribution in [0.25, 0.3) is 33.4 Å². The van der Waals surface area contributed by atoms with Gasteiger partial charge in [-0.2, -0.15) is 5.10 Å². The van der Waals surface area contributed by atoms with Crippen LogP contribution in [-0.4, -0.2) is 40.6 Å². The SMILES string of the molecule is Cc1cc(-c2nccc3c2CN(c2cccc4c(-c5nc(Nc6cc(C)n(C)n6)ncc5C)c[nH]c24)C3=O)ccn1. The zero-order valence-electron chi connectivity index (χ0n) is 23.1. The Kier molecular flexibility index (Phi) is 5.63. The first-order valence-corrected chi connectivity index (χ1v) is 13.3. The molecule has 10 nitrogen and oxygen atoms in total. The van der Waals surface area contributed by atoms with Gasteiger partial charge in [0.2, 0.25) is 5.95 Å². The van der Waals surface area contributed by atoms with Crippen molar-refractivity contribution in [2.45, 2.75) is 27.3 Å². The van der Waals surface area contributed by atoms with E-state index in [1.807, 2.05) is 75.3 Å². The first-order valence-electron chi connectivity index (χ1n) is 13.3. The molecular weight excluding hydrogens is 514 g/mol. The third-order valence-corrected chi connectivity index (χ3v) is 7.58. The number of carbonyl (C=O) groups excluding carboxylic acids is 1. The summed E-state index contributed by atoms with van der Waals surface area (Å²) in [4.78, 5) is 37.2. The van der Waals surface area contributed by atoms with E-state index < -0.39 is 0 Å². The number of aromatic amines is 1. The number of pyridine rings is 2. The highest BCUT2D eigenvalue weighted by Crippen LogP contribution is 2.39. The van der Waals surface area contributed by atoms with Crippen molar-refractivity contribution in [3.8, 4) is 22.5 Å². The number of amides is 1. The van der Waals surface area contributed by atoms with E-state index in [-0.39, 0.29) is 5.91 Å². The molecule has 6 heterocycles. The molecule has 10 heteroatoms. The van der Waals surface area contributed by atoms with Gasteiger partial charge in [0.25, 0.3) is 5.91 Å². The standard InChI is InChI=1S/C31H27N9O/c1-17-14-35-31(36-26-13-19(3)39(4)38-26)37-27(17)23-15-34-29-21(23)6-5-7-25(29)40-16-24-22(30(40)41)9-11-33-28(24)20-8-10-32-18(2)12-20/h5-15,34H,16H2,1-4H3,(H,35,36,37,38). The third kappa shape index (κ3) is 4.11. The molecule has 0 spiro atoms. The Morgan fingerprint density at radius 1 is 0.951 bits per heavy atom. The smallest absolute Gasteiger partial charge is 0.259 e. The van der Waals surface area contributed by atoms with Crippen LogP contribution in [-0.2, 0) is 13.6 Å². The normalized spacial score (nSPS) is 12.8. The van der Waals surface area contributed by atoms with Gasteiger partial charge in [0.1, 0.15) is 0 Å². The fraction of sp³-hybridized carbons (Fsp3) is 0.161. The quantitative estimate of drug-likeness (QED) is 0.290. The van der Waals surface area contributed by atoms with Gasteiger partial charge in [0.05, 0.1) is 29.1 Å². The Balaban J connectivity index is 1.26. The molecule has 0 unspecified atom stereocenters. The fourth-order valence-corrected chi connectivity index (χ4v) is 5.43. The second kappa shape index (κ2) is 9.37. The van der Waals surface area contributed by atoms with Gasteiger partial charge in [-0.05, 0) is 50.6 Å². The van der Waals surface area contributed by atoms with Gasteiger partial charge in [-0.25, -0.2) is 9.97 Å². The van der Waals surface area contributed by atoms with E-state index in [4.69, 9.17) is 4.98 Å². The van der Waals surface area contributed by atoms with E-state index in [1.165, 1.54) is 0 Å². The van der Waals surface area contributed by atoms with Gasteiger partial charge in [-0.15, -0.1) is 0 Å². The Labute approximate surface area is 236 Å². The monoisotopic (exact) mass is 541 g/mol. The second-order valence-electron chi connectivity index (χ2n) is 10.3. The Morgan fingerprint density at radius 2 is 1.80 bits per heavy atom. The molecule has 0 atom stereocenters. The third-order valence-electron chi connectivity index (χ3n) is 7.58. The van der Waals surface area contributed by atoms with Crippen molar-refractivity contribution in [3.05, 3.63) is 95.3 Å². The fourth-order valence-electron chi connectivity index (χ4n) is 5.43. The zero-order chi connectivity index (χ0) is 28.2.